The second-order valence-corrected chi connectivity index (χ2v) is 9.74. The number of aliphatic imine (C=N–C) groups is 2. The summed E-state index contributed by atoms with van der Waals surface area (Å²) in [6, 6.07) is 0. The molecular formula is C24H46N4O9. The predicted molar refractivity (Wildman–Crippen MR) is 136 cm³/mol. The van der Waals surface area contributed by atoms with Gasteiger partial charge in [0.1, 0.15) is 48.8 Å². The maximum absolute atomic E-state index is 10.4. The molecule has 0 radical (unpaired) electrons. The molecule has 216 valence electrons. The third kappa shape index (κ3) is 9.37. The molecule has 37 heavy (non-hydrogen) atoms. The van der Waals surface area contributed by atoms with Crippen molar-refractivity contribution in [2.45, 2.75) is 127 Å². The monoisotopic (exact) mass is 534 g/mol. The van der Waals surface area contributed by atoms with Crippen LogP contribution in [0.4, 0.5) is 0 Å². The Kier molecular flexibility index (Phi) is 13.6. The van der Waals surface area contributed by atoms with Crippen LogP contribution in [-0.4, -0.2) is 117 Å². The van der Waals surface area contributed by atoms with Gasteiger partial charge in [-0.2, -0.15) is 0 Å². The maximum atomic E-state index is 10.4. The Balaban J connectivity index is 2.03. The zero-order valence-electron chi connectivity index (χ0n) is 21.8. The molecule has 2 aliphatic rings. The molecule has 0 aromatic carbocycles. The van der Waals surface area contributed by atoms with E-state index in [1.54, 1.807) is 0 Å². The van der Waals surface area contributed by atoms with Crippen molar-refractivity contribution in [3.8, 4) is 0 Å². The number of nitrogens with zero attached hydrogens (tertiary/aromatic N) is 2. The summed E-state index contributed by atoms with van der Waals surface area (Å²) in [5.41, 5.74) is 11.8. The lowest BCUT2D eigenvalue weighted by Crippen LogP contribution is -2.63. The van der Waals surface area contributed by atoms with E-state index in [2.05, 4.69) is 23.8 Å². The van der Waals surface area contributed by atoms with Crippen molar-refractivity contribution < 1.29 is 44.8 Å². The van der Waals surface area contributed by atoms with Crippen molar-refractivity contribution in [2.24, 2.45) is 21.5 Å². The van der Waals surface area contributed by atoms with Crippen LogP contribution >= 0.6 is 0 Å². The Morgan fingerprint density at radius 2 is 1.00 bits per heavy atom. The molecule has 0 bridgehead atoms. The first-order chi connectivity index (χ1) is 17.6. The normalized spacial score (nSPS) is 37.6. The smallest absolute Gasteiger partial charge is 0.189 e. The quantitative estimate of drug-likeness (QED) is 0.0726. The van der Waals surface area contributed by atoms with Gasteiger partial charge >= 0.3 is 0 Å². The number of rotatable bonds is 14. The van der Waals surface area contributed by atoms with Gasteiger partial charge < -0.3 is 56.3 Å². The summed E-state index contributed by atoms with van der Waals surface area (Å²) in [7, 11) is 0. The third-order valence-corrected chi connectivity index (χ3v) is 6.63. The summed E-state index contributed by atoms with van der Waals surface area (Å²) in [4.78, 5) is 8.42. The molecule has 0 aliphatic carbocycles. The molecule has 0 aromatic heterocycles. The minimum Gasteiger partial charge on any atom is -0.388 e. The van der Waals surface area contributed by atoms with Crippen LogP contribution in [0.3, 0.4) is 0 Å². The first-order valence-corrected chi connectivity index (χ1v) is 13.2. The standard InChI is InChI=1S/C24H46N4O9/c1-3-5-7-9-15(25)27-11-13-17(29)19(31)21(33)23(35-13)37-24-22(34)20(32)18(30)14(36-24)12-28-16(26)10-8-6-4-2/h13-14,17-24,29-34H,3-12H2,1-2H3,(H2,25,27)(H2,26,28)/t13-,14-,17-,18-,19+,20+,21-,22-,23-,24?/m1/s1. The van der Waals surface area contributed by atoms with E-state index >= 15 is 0 Å². The maximum Gasteiger partial charge on any atom is 0.189 e. The molecule has 2 heterocycles. The molecule has 10 atom stereocenters. The van der Waals surface area contributed by atoms with Crippen molar-refractivity contribution in [1.29, 1.82) is 0 Å². The second-order valence-electron chi connectivity index (χ2n) is 9.74. The predicted octanol–water partition coefficient (Wildman–Crippen LogP) is -1.51. The summed E-state index contributed by atoms with van der Waals surface area (Å²) in [5.74, 6) is 0.755. The molecule has 0 aromatic rings. The van der Waals surface area contributed by atoms with Crippen LogP contribution in [-0.2, 0) is 14.2 Å². The fourth-order valence-corrected chi connectivity index (χ4v) is 4.18. The first kappa shape index (κ1) is 31.8. The molecule has 2 fully saturated rings. The third-order valence-electron chi connectivity index (χ3n) is 6.63. The Bertz CT molecular complexity index is 670. The van der Waals surface area contributed by atoms with Crippen molar-refractivity contribution >= 4 is 11.7 Å². The Morgan fingerprint density at radius 1 is 0.622 bits per heavy atom. The summed E-state index contributed by atoms with van der Waals surface area (Å²) in [5, 5.41) is 62.2. The molecule has 2 aliphatic heterocycles. The van der Waals surface area contributed by atoms with Gasteiger partial charge in [0.25, 0.3) is 0 Å². The molecule has 13 heteroatoms. The number of nitrogens with two attached hydrogens (primary N) is 2. The van der Waals surface area contributed by atoms with Crippen LogP contribution in [0.2, 0.25) is 0 Å². The molecule has 10 N–H and O–H groups in total. The van der Waals surface area contributed by atoms with Crippen molar-refractivity contribution in [2.75, 3.05) is 13.1 Å². The van der Waals surface area contributed by atoms with Crippen LogP contribution in [0.1, 0.15) is 65.2 Å². The van der Waals surface area contributed by atoms with E-state index in [1.165, 1.54) is 0 Å². The van der Waals surface area contributed by atoms with Gasteiger partial charge in [0, 0.05) is 12.8 Å². The number of ether oxygens (including phenoxy) is 3. The van der Waals surface area contributed by atoms with Gasteiger partial charge in [0.15, 0.2) is 12.6 Å². The summed E-state index contributed by atoms with van der Waals surface area (Å²) in [6.45, 7) is 3.96. The summed E-state index contributed by atoms with van der Waals surface area (Å²) in [6.07, 6.45) is -7.84. The Hall–Kier alpha value is -1.42. The number of hydrogen-bond donors (Lipinski definition) is 8. The fraction of sp³-hybridized carbons (Fsp3) is 0.917. The lowest BCUT2D eigenvalue weighted by molar-refractivity contribution is -0.371. The average Bonchev–Trinajstić information content (AvgIpc) is 2.88. The highest BCUT2D eigenvalue weighted by atomic mass is 16.8. The lowest BCUT2D eigenvalue weighted by atomic mass is 9.97. The second kappa shape index (κ2) is 15.9. The van der Waals surface area contributed by atoms with E-state index in [1.807, 2.05) is 0 Å². The number of aliphatic hydroxyl groups is 6. The Labute approximate surface area is 218 Å². The zero-order valence-corrected chi connectivity index (χ0v) is 21.8. The molecule has 0 spiro atoms. The molecule has 0 saturated carbocycles. The minimum absolute atomic E-state index is 0.0904. The highest BCUT2D eigenvalue weighted by Crippen LogP contribution is 2.28. The van der Waals surface area contributed by atoms with Gasteiger partial charge in [-0.05, 0) is 12.8 Å². The summed E-state index contributed by atoms with van der Waals surface area (Å²) >= 11 is 0. The zero-order chi connectivity index (χ0) is 27.5. The number of amidine groups is 2. The van der Waals surface area contributed by atoms with Gasteiger partial charge in [0.2, 0.25) is 0 Å². The molecule has 0 amide bonds. The number of unbranched alkanes of at least 4 members (excludes halogenated alkanes) is 4. The fourth-order valence-electron chi connectivity index (χ4n) is 4.18. The van der Waals surface area contributed by atoms with E-state index in [-0.39, 0.29) is 13.1 Å². The van der Waals surface area contributed by atoms with E-state index in [0.29, 0.717) is 24.5 Å². The molecule has 1 unspecified atom stereocenters. The number of hydrogen-bond acceptors (Lipinski definition) is 11. The van der Waals surface area contributed by atoms with Gasteiger partial charge in [-0.1, -0.05) is 39.5 Å². The van der Waals surface area contributed by atoms with Gasteiger partial charge in [-0.25, -0.2) is 0 Å². The van der Waals surface area contributed by atoms with E-state index < -0.39 is 61.4 Å². The highest BCUT2D eigenvalue weighted by molar-refractivity contribution is 5.80. The van der Waals surface area contributed by atoms with Crippen LogP contribution in [0.25, 0.3) is 0 Å². The van der Waals surface area contributed by atoms with Crippen LogP contribution in [0, 0.1) is 0 Å². The van der Waals surface area contributed by atoms with Crippen molar-refractivity contribution in [3.05, 3.63) is 0 Å². The number of aliphatic hydroxyl groups excluding tert-OH is 6. The van der Waals surface area contributed by atoms with Crippen LogP contribution in [0.15, 0.2) is 9.98 Å². The highest BCUT2D eigenvalue weighted by Gasteiger charge is 2.49. The van der Waals surface area contributed by atoms with Crippen molar-refractivity contribution in [3.63, 3.8) is 0 Å². The van der Waals surface area contributed by atoms with E-state index in [4.69, 9.17) is 25.7 Å². The molecule has 2 rings (SSSR count). The lowest BCUT2D eigenvalue weighted by Gasteiger charge is -2.44. The molecular weight excluding hydrogens is 488 g/mol. The summed E-state index contributed by atoms with van der Waals surface area (Å²) < 4.78 is 16.8. The van der Waals surface area contributed by atoms with Crippen LogP contribution in [0.5, 0.6) is 0 Å². The van der Waals surface area contributed by atoms with E-state index in [9.17, 15) is 30.6 Å². The van der Waals surface area contributed by atoms with E-state index in [0.717, 1.165) is 38.5 Å². The van der Waals surface area contributed by atoms with Gasteiger partial charge in [0.05, 0.1) is 24.8 Å². The van der Waals surface area contributed by atoms with Gasteiger partial charge in [-0.3, -0.25) is 9.98 Å². The average molecular weight is 535 g/mol. The Morgan fingerprint density at radius 3 is 1.35 bits per heavy atom. The topological polar surface area (TPSA) is 226 Å². The first-order valence-electron chi connectivity index (χ1n) is 13.2. The van der Waals surface area contributed by atoms with Crippen LogP contribution < -0.4 is 11.5 Å². The SMILES string of the molecule is CCCCCC(N)=NC[C@H]1O[C@H](OC2O[C@H](CN=C(N)CCCCC)[C@@H](O)[C@H](O)[C@H]2O)[C@H](O)[C@@H](O)[C@@H]1O. The van der Waals surface area contributed by atoms with Crippen molar-refractivity contribution in [1.82, 2.24) is 0 Å². The largest absolute Gasteiger partial charge is 0.388 e. The molecule has 13 nitrogen and oxygen atoms in total. The minimum atomic E-state index is -1.69. The van der Waals surface area contributed by atoms with Gasteiger partial charge in [-0.15, -0.1) is 0 Å². The molecule has 2 saturated heterocycles.